The Bertz CT molecular complexity index is 681. The molecule has 0 saturated carbocycles. The molecule has 0 saturated heterocycles. The predicted molar refractivity (Wildman–Crippen MR) is 90.6 cm³/mol. The van der Waals surface area contributed by atoms with E-state index in [0.29, 0.717) is 25.9 Å². The van der Waals surface area contributed by atoms with Crippen LogP contribution in [0.1, 0.15) is 25.8 Å². The van der Waals surface area contributed by atoms with Gasteiger partial charge in [-0.15, -0.1) is 10.2 Å². The molecular weight excluding hydrogens is 361 g/mol. The smallest absolute Gasteiger partial charge is 0.414 e. The maximum Gasteiger partial charge on any atom is 0.414 e. The summed E-state index contributed by atoms with van der Waals surface area (Å²) in [6.07, 6.45) is -0.581. The van der Waals surface area contributed by atoms with Gasteiger partial charge in [0.1, 0.15) is 18.0 Å². The summed E-state index contributed by atoms with van der Waals surface area (Å²) in [4.78, 5) is 11.6. The number of nitrogens with zero attached hydrogens (tertiary/aromatic N) is 2. The lowest BCUT2D eigenvalue weighted by atomic mass is 10.2. The molecule has 1 amide bonds. The second-order valence-corrected chi connectivity index (χ2v) is 7.46. The van der Waals surface area contributed by atoms with Gasteiger partial charge >= 0.3 is 6.09 Å². The van der Waals surface area contributed by atoms with Gasteiger partial charge in [-0.3, -0.25) is 5.32 Å². The summed E-state index contributed by atoms with van der Waals surface area (Å²) in [6, 6.07) is 4.91. The van der Waals surface area contributed by atoms with Crippen LogP contribution in [0.2, 0.25) is 10.0 Å². The second-order valence-electron chi connectivity index (χ2n) is 5.52. The number of hydrogen-bond acceptors (Lipinski definition) is 6. The number of halogens is 2. The van der Waals surface area contributed by atoms with Crippen molar-refractivity contribution < 1.29 is 14.3 Å². The Balaban J connectivity index is 1.91. The van der Waals surface area contributed by atoms with E-state index in [-0.39, 0.29) is 6.61 Å². The Labute approximate surface area is 147 Å². The van der Waals surface area contributed by atoms with Crippen LogP contribution in [0.3, 0.4) is 0 Å². The molecule has 1 heterocycles. The highest BCUT2D eigenvalue weighted by Crippen LogP contribution is 2.25. The van der Waals surface area contributed by atoms with E-state index in [2.05, 4.69) is 15.5 Å². The second kappa shape index (κ2) is 7.33. The number of amides is 1. The van der Waals surface area contributed by atoms with Gasteiger partial charge in [-0.25, -0.2) is 4.79 Å². The SMILES string of the molecule is CC(C)(C)OC(=O)Nc1nnc(COc2cc(Cl)cc(Cl)c2)s1. The quantitative estimate of drug-likeness (QED) is 0.832. The molecule has 0 aliphatic carbocycles. The minimum absolute atomic E-state index is 0.185. The molecule has 0 aliphatic rings. The number of ether oxygens (including phenoxy) is 2. The largest absolute Gasteiger partial charge is 0.486 e. The zero-order valence-electron chi connectivity index (χ0n) is 12.7. The molecule has 2 rings (SSSR count). The van der Waals surface area contributed by atoms with Crippen LogP contribution in [0.5, 0.6) is 5.75 Å². The van der Waals surface area contributed by atoms with Crippen LogP contribution >= 0.6 is 34.5 Å². The highest BCUT2D eigenvalue weighted by Gasteiger charge is 2.17. The fourth-order valence-electron chi connectivity index (χ4n) is 1.51. The van der Waals surface area contributed by atoms with Crippen LogP contribution in [-0.2, 0) is 11.3 Å². The Kier molecular flexibility index (Phi) is 5.67. The van der Waals surface area contributed by atoms with E-state index >= 15 is 0 Å². The van der Waals surface area contributed by atoms with Crippen LogP contribution in [0.25, 0.3) is 0 Å². The van der Waals surface area contributed by atoms with Crippen molar-refractivity contribution >= 4 is 45.8 Å². The molecule has 0 bridgehead atoms. The molecule has 124 valence electrons. The van der Waals surface area contributed by atoms with E-state index in [4.69, 9.17) is 32.7 Å². The number of carbonyl (C=O) groups is 1. The molecule has 1 N–H and O–H groups in total. The third-order valence-electron chi connectivity index (χ3n) is 2.27. The van der Waals surface area contributed by atoms with Crippen molar-refractivity contribution in [1.82, 2.24) is 10.2 Å². The van der Waals surface area contributed by atoms with Crippen LogP contribution in [0.15, 0.2) is 18.2 Å². The highest BCUT2D eigenvalue weighted by molar-refractivity contribution is 7.15. The average molecular weight is 376 g/mol. The first-order valence-corrected chi connectivity index (χ1v) is 8.20. The molecule has 6 nitrogen and oxygen atoms in total. The van der Waals surface area contributed by atoms with Crippen LogP contribution in [0, 0.1) is 0 Å². The summed E-state index contributed by atoms with van der Waals surface area (Å²) in [7, 11) is 0. The van der Waals surface area contributed by atoms with Crippen molar-refractivity contribution in [3.8, 4) is 5.75 Å². The maximum absolute atomic E-state index is 11.6. The summed E-state index contributed by atoms with van der Waals surface area (Å²) < 4.78 is 10.7. The monoisotopic (exact) mass is 375 g/mol. The molecule has 0 unspecified atom stereocenters. The van der Waals surface area contributed by atoms with Crippen molar-refractivity contribution in [3.05, 3.63) is 33.3 Å². The Morgan fingerprint density at radius 1 is 1.22 bits per heavy atom. The minimum atomic E-state index is -0.581. The number of aromatic nitrogens is 2. The Morgan fingerprint density at radius 2 is 1.87 bits per heavy atom. The lowest BCUT2D eigenvalue weighted by Crippen LogP contribution is -2.27. The fourth-order valence-corrected chi connectivity index (χ4v) is 2.66. The van der Waals surface area contributed by atoms with Gasteiger partial charge < -0.3 is 9.47 Å². The summed E-state index contributed by atoms with van der Waals surface area (Å²) in [6.45, 7) is 5.52. The lowest BCUT2D eigenvalue weighted by Gasteiger charge is -2.18. The van der Waals surface area contributed by atoms with Gasteiger partial charge in [0.2, 0.25) is 5.13 Å². The lowest BCUT2D eigenvalue weighted by molar-refractivity contribution is 0.0636. The molecule has 0 radical (unpaired) electrons. The van der Waals surface area contributed by atoms with Gasteiger partial charge in [0.15, 0.2) is 5.01 Å². The molecule has 1 aromatic heterocycles. The summed E-state index contributed by atoms with van der Waals surface area (Å²) in [5.41, 5.74) is -0.577. The van der Waals surface area contributed by atoms with E-state index in [0.717, 1.165) is 0 Å². The van der Waals surface area contributed by atoms with E-state index in [1.54, 1.807) is 39.0 Å². The van der Waals surface area contributed by atoms with Crippen molar-refractivity contribution in [1.29, 1.82) is 0 Å². The number of anilines is 1. The number of nitrogens with one attached hydrogen (secondary N) is 1. The van der Waals surface area contributed by atoms with E-state index < -0.39 is 11.7 Å². The van der Waals surface area contributed by atoms with Crippen LogP contribution in [-0.4, -0.2) is 21.9 Å². The molecule has 0 atom stereocenters. The number of benzene rings is 1. The van der Waals surface area contributed by atoms with Gasteiger partial charge in [-0.1, -0.05) is 34.5 Å². The normalized spacial score (nSPS) is 11.2. The van der Waals surface area contributed by atoms with Crippen molar-refractivity contribution in [2.75, 3.05) is 5.32 Å². The van der Waals surface area contributed by atoms with Crippen LogP contribution < -0.4 is 10.1 Å². The number of rotatable bonds is 4. The fraction of sp³-hybridized carbons (Fsp3) is 0.357. The Morgan fingerprint density at radius 3 is 2.48 bits per heavy atom. The van der Waals surface area contributed by atoms with E-state index in [9.17, 15) is 4.79 Å². The molecule has 9 heteroatoms. The van der Waals surface area contributed by atoms with E-state index in [1.807, 2.05) is 0 Å². The molecule has 1 aromatic carbocycles. The zero-order valence-corrected chi connectivity index (χ0v) is 15.1. The van der Waals surface area contributed by atoms with Gasteiger partial charge in [0.25, 0.3) is 0 Å². The molecular formula is C14H15Cl2N3O3S. The third kappa shape index (κ3) is 6.21. The zero-order chi connectivity index (χ0) is 17.0. The number of carbonyl (C=O) groups excluding carboxylic acids is 1. The number of hydrogen-bond donors (Lipinski definition) is 1. The van der Waals surface area contributed by atoms with Crippen molar-refractivity contribution in [2.45, 2.75) is 33.0 Å². The summed E-state index contributed by atoms with van der Waals surface area (Å²) in [5, 5.41) is 12.2. The minimum Gasteiger partial charge on any atom is -0.486 e. The van der Waals surface area contributed by atoms with Crippen molar-refractivity contribution in [3.63, 3.8) is 0 Å². The average Bonchev–Trinajstić information content (AvgIpc) is 2.80. The van der Waals surface area contributed by atoms with Crippen LogP contribution in [0.4, 0.5) is 9.93 Å². The topological polar surface area (TPSA) is 73.3 Å². The molecule has 0 fully saturated rings. The molecule has 0 spiro atoms. The van der Waals surface area contributed by atoms with Gasteiger partial charge in [-0.05, 0) is 39.0 Å². The van der Waals surface area contributed by atoms with E-state index in [1.165, 1.54) is 11.3 Å². The van der Waals surface area contributed by atoms with Gasteiger partial charge in [0, 0.05) is 10.0 Å². The summed E-state index contributed by atoms with van der Waals surface area (Å²) in [5.74, 6) is 0.527. The highest BCUT2D eigenvalue weighted by atomic mass is 35.5. The standard InChI is InChI=1S/C14H15Cl2N3O3S/c1-14(2,3)22-13(20)17-12-19-18-11(23-12)7-21-10-5-8(15)4-9(16)6-10/h4-6H,7H2,1-3H3,(H,17,19,20). The molecule has 23 heavy (non-hydrogen) atoms. The predicted octanol–water partition coefficient (Wildman–Crippen LogP) is 4.77. The van der Waals surface area contributed by atoms with Gasteiger partial charge in [0.05, 0.1) is 0 Å². The first kappa shape index (κ1) is 17.8. The summed E-state index contributed by atoms with van der Waals surface area (Å²) >= 11 is 13.0. The first-order valence-electron chi connectivity index (χ1n) is 6.62. The molecule has 2 aromatic rings. The third-order valence-corrected chi connectivity index (χ3v) is 3.52. The van der Waals surface area contributed by atoms with Gasteiger partial charge in [-0.2, -0.15) is 0 Å². The Hall–Kier alpha value is -1.57. The first-order chi connectivity index (χ1) is 10.7. The van der Waals surface area contributed by atoms with Crippen molar-refractivity contribution in [2.24, 2.45) is 0 Å². The molecule has 0 aliphatic heterocycles. The maximum atomic E-state index is 11.6.